The number of benzene rings is 1. The van der Waals surface area contributed by atoms with Crippen molar-refractivity contribution in [3.63, 3.8) is 0 Å². The zero-order valence-corrected chi connectivity index (χ0v) is 15.9. The lowest BCUT2D eigenvalue weighted by atomic mass is 10.0. The molecule has 1 aromatic carbocycles. The van der Waals surface area contributed by atoms with Crippen LogP contribution in [0, 0.1) is 0 Å². The van der Waals surface area contributed by atoms with E-state index in [0.29, 0.717) is 43.6 Å². The molecule has 0 aliphatic carbocycles. The Morgan fingerprint density at radius 3 is 2.89 bits per heavy atom. The maximum atomic E-state index is 12.1. The van der Waals surface area contributed by atoms with E-state index in [1.165, 1.54) is 18.4 Å². The molecule has 1 aliphatic rings. The van der Waals surface area contributed by atoms with Crippen LogP contribution < -0.4 is 15.2 Å². The second-order valence-corrected chi connectivity index (χ2v) is 6.70. The first-order valence-corrected chi connectivity index (χ1v) is 9.18. The highest BCUT2D eigenvalue weighted by Gasteiger charge is 2.22. The van der Waals surface area contributed by atoms with Crippen molar-refractivity contribution in [3.05, 3.63) is 40.4 Å². The van der Waals surface area contributed by atoms with Crippen molar-refractivity contribution < 1.29 is 23.8 Å². The normalized spacial score (nSPS) is 13.0. The van der Waals surface area contributed by atoms with Gasteiger partial charge in [-0.2, -0.15) is 0 Å². The van der Waals surface area contributed by atoms with Crippen LogP contribution in [0.15, 0.2) is 29.4 Å². The number of ether oxygens (including phenoxy) is 3. The van der Waals surface area contributed by atoms with Gasteiger partial charge in [-0.1, -0.05) is 5.16 Å². The van der Waals surface area contributed by atoms with E-state index in [-0.39, 0.29) is 19.3 Å². The second kappa shape index (κ2) is 7.31. The van der Waals surface area contributed by atoms with Crippen LogP contribution in [-0.2, 0) is 9.57 Å². The number of nitrogen functional groups attached to an aromatic ring is 1. The average molecular weight is 400 g/mol. The highest BCUT2D eigenvalue weighted by atomic mass is 32.1. The minimum atomic E-state index is -0.427. The van der Waals surface area contributed by atoms with E-state index in [2.05, 4.69) is 15.1 Å². The van der Waals surface area contributed by atoms with Crippen LogP contribution in [0.4, 0.5) is 5.95 Å². The molecule has 0 fully saturated rings. The number of hydrogen-bond donors (Lipinski definition) is 1. The number of hydrogen-bond acceptors (Lipinski definition) is 10. The Bertz CT molecular complexity index is 1100. The lowest BCUT2D eigenvalue weighted by Crippen LogP contribution is -2.10. The Hall–Kier alpha value is -3.40. The Morgan fingerprint density at radius 2 is 2.11 bits per heavy atom. The monoisotopic (exact) mass is 400 g/mol. The van der Waals surface area contributed by atoms with Crippen molar-refractivity contribution in [2.75, 3.05) is 26.2 Å². The number of carbonyl (C=O) groups excluding carboxylic acids is 1. The summed E-state index contributed by atoms with van der Waals surface area (Å²) in [6.07, 6.45) is 0. The summed E-state index contributed by atoms with van der Waals surface area (Å²) in [5.41, 5.74) is 7.45. The van der Waals surface area contributed by atoms with Crippen LogP contribution in [0.25, 0.3) is 10.2 Å². The Balaban J connectivity index is 1.87. The Kier molecular flexibility index (Phi) is 4.70. The largest absolute Gasteiger partial charge is 0.462 e. The summed E-state index contributed by atoms with van der Waals surface area (Å²) in [4.78, 5) is 26.7. The SMILES string of the molecule is CCOC(=O)c1cc2c(C(=NOC)c3ccc4c(c3)OCO4)nc(N)nc2s1. The van der Waals surface area contributed by atoms with E-state index in [1.807, 2.05) is 6.07 Å². The van der Waals surface area contributed by atoms with Gasteiger partial charge in [-0.05, 0) is 31.2 Å². The Labute approximate surface area is 163 Å². The molecule has 0 saturated heterocycles. The Morgan fingerprint density at radius 1 is 1.29 bits per heavy atom. The van der Waals surface area contributed by atoms with Gasteiger partial charge in [0.25, 0.3) is 0 Å². The smallest absolute Gasteiger partial charge is 0.348 e. The molecule has 0 saturated carbocycles. The molecule has 2 N–H and O–H groups in total. The van der Waals surface area contributed by atoms with Crippen LogP contribution in [-0.4, -0.2) is 42.2 Å². The summed E-state index contributed by atoms with van der Waals surface area (Å²) in [6, 6.07) is 7.05. The van der Waals surface area contributed by atoms with E-state index in [4.69, 9.17) is 24.8 Å². The quantitative estimate of drug-likeness (QED) is 0.394. The summed E-state index contributed by atoms with van der Waals surface area (Å²) >= 11 is 1.18. The van der Waals surface area contributed by atoms with Crippen molar-refractivity contribution in [1.82, 2.24) is 9.97 Å². The van der Waals surface area contributed by atoms with Crippen LogP contribution >= 0.6 is 11.3 Å². The summed E-state index contributed by atoms with van der Waals surface area (Å²) in [6.45, 7) is 2.19. The molecular weight excluding hydrogens is 384 g/mol. The van der Waals surface area contributed by atoms with Gasteiger partial charge in [-0.25, -0.2) is 14.8 Å². The zero-order valence-electron chi connectivity index (χ0n) is 15.1. The van der Waals surface area contributed by atoms with Crippen molar-refractivity contribution in [2.24, 2.45) is 5.16 Å². The number of aromatic nitrogens is 2. The van der Waals surface area contributed by atoms with Crippen LogP contribution in [0.1, 0.15) is 27.9 Å². The molecule has 9 nitrogen and oxygen atoms in total. The third-order valence-corrected chi connectivity index (χ3v) is 4.95. The van der Waals surface area contributed by atoms with Crippen molar-refractivity contribution in [2.45, 2.75) is 6.92 Å². The number of fused-ring (bicyclic) bond motifs is 2. The van der Waals surface area contributed by atoms with Gasteiger partial charge in [0, 0.05) is 10.9 Å². The number of rotatable bonds is 5. The molecule has 0 spiro atoms. The minimum Gasteiger partial charge on any atom is -0.462 e. The van der Waals surface area contributed by atoms with Crippen molar-refractivity contribution in [3.8, 4) is 11.5 Å². The lowest BCUT2D eigenvalue weighted by Gasteiger charge is -2.08. The lowest BCUT2D eigenvalue weighted by molar-refractivity contribution is 0.0532. The summed E-state index contributed by atoms with van der Waals surface area (Å²) in [5.74, 6) is 0.873. The number of carbonyl (C=O) groups is 1. The third-order valence-electron chi connectivity index (χ3n) is 3.94. The first kappa shape index (κ1) is 18.0. The number of nitrogens with two attached hydrogens (primary N) is 1. The van der Waals surface area contributed by atoms with Crippen LogP contribution in [0.2, 0.25) is 0 Å². The maximum Gasteiger partial charge on any atom is 0.348 e. The summed E-state index contributed by atoms with van der Waals surface area (Å²) in [5, 5.41) is 4.76. The molecule has 0 atom stereocenters. The number of thiophene rings is 1. The molecule has 1 aliphatic heterocycles. The van der Waals surface area contributed by atoms with Crippen molar-refractivity contribution >= 4 is 39.2 Å². The van der Waals surface area contributed by atoms with E-state index in [9.17, 15) is 4.79 Å². The van der Waals surface area contributed by atoms with Gasteiger partial charge in [0.1, 0.15) is 28.2 Å². The fraction of sp³-hybridized carbons (Fsp3) is 0.222. The molecule has 3 heterocycles. The first-order chi connectivity index (χ1) is 13.6. The summed E-state index contributed by atoms with van der Waals surface area (Å²) < 4.78 is 15.9. The fourth-order valence-corrected chi connectivity index (χ4v) is 3.72. The van der Waals surface area contributed by atoms with Gasteiger partial charge in [0.2, 0.25) is 12.7 Å². The first-order valence-electron chi connectivity index (χ1n) is 8.36. The molecule has 4 rings (SSSR count). The molecule has 0 bridgehead atoms. The topological polar surface area (TPSA) is 118 Å². The van der Waals surface area contributed by atoms with Gasteiger partial charge in [-0.15, -0.1) is 11.3 Å². The number of oxime groups is 1. The fourth-order valence-electron chi connectivity index (χ4n) is 2.79. The molecular formula is C18H16N4O5S. The molecule has 144 valence electrons. The van der Waals surface area contributed by atoms with Crippen LogP contribution in [0.5, 0.6) is 11.5 Å². The molecule has 0 unspecified atom stereocenters. The molecule has 0 amide bonds. The molecule has 2 aromatic heterocycles. The van der Waals surface area contributed by atoms with E-state index in [0.717, 1.165) is 0 Å². The predicted octanol–water partition coefficient (Wildman–Crippen LogP) is 2.58. The third kappa shape index (κ3) is 3.18. The average Bonchev–Trinajstić information content (AvgIpc) is 3.31. The molecule has 10 heteroatoms. The van der Waals surface area contributed by atoms with E-state index in [1.54, 1.807) is 25.1 Å². The predicted molar refractivity (Wildman–Crippen MR) is 103 cm³/mol. The highest BCUT2D eigenvalue weighted by molar-refractivity contribution is 7.20. The van der Waals surface area contributed by atoms with Gasteiger partial charge in [0.05, 0.1) is 6.61 Å². The van der Waals surface area contributed by atoms with E-state index >= 15 is 0 Å². The van der Waals surface area contributed by atoms with Crippen molar-refractivity contribution in [1.29, 1.82) is 0 Å². The van der Waals surface area contributed by atoms with Gasteiger partial charge in [0.15, 0.2) is 11.5 Å². The number of nitrogens with zero attached hydrogens (tertiary/aromatic N) is 3. The summed E-state index contributed by atoms with van der Waals surface area (Å²) in [7, 11) is 1.44. The zero-order chi connectivity index (χ0) is 19.7. The second-order valence-electron chi connectivity index (χ2n) is 5.67. The highest BCUT2D eigenvalue weighted by Crippen LogP contribution is 2.34. The number of anilines is 1. The maximum absolute atomic E-state index is 12.1. The van der Waals surface area contributed by atoms with Gasteiger partial charge >= 0.3 is 5.97 Å². The molecule has 28 heavy (non-hydrogen) atoms. The van der Waals surface area contributed by atoms with Gasteiger partial charge in [-0.3, -0.25) is 0 Å². The molecule has 3 aromatic rings. The minimum absolute atomic E-state index is 0.0595. The molecule has 0 radical (unpaired) electrons. The standard InChI is InChI=1S/C18H16N4O5S/c1-3-25-17(23)13-7-10-15(20-18(19)21-16(10)28-13)14(22-24-2)9-4-5-11-12(6-9)27-8-26-11/h4-7H,3,8H2,1-2H3,(H2,19,20,21). The van der Waals surface area contributed by atoms with Crippen LogP contribution in [0.3, 0.4) is 0 Å². The van der Waals surface area contributed by atoms with E-state index < -0.39 is 5.97 Å². The van der Waals surface area contributed by atoms with Gasteiger partial charge < -0.3 is 24.8 Å². The number of esters is 1.